The van der Waals surface area contributed by atoms with Gasteiger partial charge in [-0.3, -0.25) is 14.6 Å². The van der Waals surface area contributed by atoms with Gasteiger partial charge in [-0.15, -0.1) is 6.58 Å². The number of likely N-dealkylation sites (tertiary alicyclic amines) is 1. The van der Waals surface area contributed by atoms with E-state index in [-0.39, 0.29) is 11.9 Å². The number of amides is 1. The van der Waals surface area contributed by atoms with E-state index >= 15 is 0 Å². The largest absolute Gasteiger partial charge is 0.497 e. The van der Waals surface area contributed by atoms with Gasteiger partial charge in [0.05, 0.1) is 13.2 Å². The molecule has 3 aliphatic rings. The van der Waals surface area contributed by atoms with Crippen molar-refractivity contribution in [2.75, 3.05) is 39.8 Å². The highest BCUT2D eigenvalue weighted by Gasteiger charge is 2.39. The van der Waals surface area contributed by atoms with E-state index in [0.717, 1.165) is 56.9 Å². The van der Waals surface area contributed by atoms with Gasteiger partial charge in [0.1, 0.15) is 5.75 Å². The Balaban J connectivity index is 1.49. The van der Waals surface area contributed by atoms with Gasteiger partial charge in [0, 0.05) is 50.4 Å². The topological polar surface area (TPSA) is 36.0 Å². The van der Waals surface area contributed by atoms with Crippen LogP contribution in [-0.4, -0.2) is 72.5 Å². The second-order valence-electron chi connectivity index (χ2n) is 10.7. The first-order valence-corrected chi connectivity index (χ1v) is 13.8. The summed E-state index contributed by atoms with van der Waals surface area (Å²) in [6, 6.07) is 18.2. The highest BCUT2D eigenvalue weighted by atomic mass is 16.5. The number of nitrogens with zero attached hydrogens (tertiary/aromatic N) is 3. The Morgan fingerprint density at radius 3 is 2.50 bits per heavy atom. The monoisotopic (exact) mass is 487 g/mol. The predicted molar refractivity (Wildman–Crippen MR) is 146 cm³/mol. The minimum absolute atomic E-state index is 0.137. The van der Waals surface area contributed by atoms with Crippen molar-refractivity contribution in [3.8, 4) is 5.75 Å². The molecule has 5 nitrogen and oxygen atoms in total. The lowest BCUT2D eigenvalue weighted by Gasteiger charge is -2.46. The number of fused-ring (bicyclic) bond motifs is 2. The van der Waals surface area contributed by atoms with Crippen LogP contribution < -0.4 is 4.74 Å². The fourth-order valence-corrected chi connectivity index (χ4v) is 6.59. The SMILES string of the molecule is C=CCN1CCC2CCCC(C1)N2C(c1ccc(C(=O)N2CCCCC2)cc1)c1cccc(OC)c1. The Bertz CT molecular complexity index is 1030. The molecule has 192 valence electrons. The number of hydrogen-bond acceptors (Lipinski definition) is 4. The van der Waals surface area contributed by atoms with Crippen LogP contribution in [0.15, 0.2) is 61.2 Å². The molecule has 0 N–H and O–H groups in total. The Morgan fingerprint density at radius 2 is 1.75 bits per heavy atom. The number of rotatable bonds is 7. The van der Waals surface area contributed by atoms with E-state index in [1.807, 2.05) is 17.0 Å². The zero-order valence-corrected chi connectivity index (χ0v) is 21.8. The molecule has 0 aromatic heterocycles. The van der Waals surface area contributed by atoms with Gasteiger partial charge in [0.2, 0.25) is 0 Å². The van der Waals surface area contributed by atoms with Crippen LogP contribution in [0.25, 0.3) is 0 Å². The van der Waals surface area contributed by atoms with E-state index in [0.29, 0.717) is 12.1 Å². The molecule has 5 rings (SSSR count). The molecule has 2 aromatic carbocycles. The third kappa shape index (κ3) is 5.37. The van der Waals surface area contributed by atoms with Crippen molar-refractivity contribution in [3.05, 3.63) is 77.9 Å². The van der Waals surface area contributed by atoms with Gasteiger partial charge in [0.25, 0.3) is 5.91 Å². The first-order chi connectivity index (χ1) is 17.7. The molecule has 0 saturated carbocycles. The lowest BCUT2D eigenvalue weighted by atomic mass is 9.87. The molecule has 36 heavy (non-hydrogen) atoms. The van der Waals surface area contributed by atoms with E-state index in [1.54, 1.807) is 7.11 Å². The van der Waals surface area contributed by atoms with Crippen LogP contribution in [0, 0.1) is 0 Å². The minimum atomic E-state index is 0.137. The van der Waals surface area contributed by atoms with E-state index in [4.69, 9.17) is 4.74 Å². The third-order valence-electron chi connectivity index (χ3n) is 8.38. The molecule has 5 heteroatoms. The van der Waals surface area contributed by atoms with E-state index in [9.17, 15) is 4.79 Å². The number of piperidine rings is 2. The molecule has 3 fully saturated rings. The Labute approximate surface area is 216 Å². The molecule has 3 saturated heterocycles. The van der Waals surface area contributed by atoms with E-state index in [2.05, 4.69) is 58.8 Å². The molecule has 3 unspecified atom stereocenters. The lowest BCUT2D eigenvalue weighted by molar-refractivity contribution is 0.0562. The molecule has 2 bridgehead atoms. The standard InChI is InChI=1S/C31H41N3O2/c1-3-18-32-21-17-27-10-8-11-28(23-32)34(27)30(26-9-7-12-29(22-26)36-2)24-13-15-25(16-14-24)31(35)33-19-5-4-6-20-33/h3,7,9,12-16,22,27-28,30H,1,4-6,8,10-11,17-21,23H2,2H3. The molecular formula is C31H41N3O2. The van der Waals surface area contributed by atoms with Crippen molar-refractivity contribution >= 4 is 5.91 Å². The van der Waals surface area contributed by atoms with Crippen LogP contribution >= 0.6 is 0 Å². The summed E-state index contributed by atoms with van der Waals surface area (Å²) in [7, 11) is 1.74. The van der Waals surface area contributed by atoms with Gasteiger partial charge in [0.15, 0.2) is 0 Å². The predicted octanol–water partition coefficient (Wildman–Crippen LogP) is 5.53. The average Bonchev–Trinajstić information content (AvgIpc) is 3.02. The Morgan fingerprint density at radius 1 is 0.972 bits per heavy atom. The molecule has 2 aromatic rings. The van der Waals surface area contributed by atoms with Crippen LogP contribution in [0.4, 0.5) is 0 Å². The van der Waals surface area contributed by atoms with Crippen molar-refractivity contribution in [1.82, 2.24) is 14.7 Å². The molecule has 3 aliphatic heterocycles. The Hall–Kier alpha value is -2.63. The van der Waals surface area contributed by atoms with Gasteiger partial charge in [-0.25, -0.2) is 0 Å². The maximum Gasteiger partial charge on any atom is 0.253 e. The zero-order valence-electron chi connectivity index (χ0n) is 21.8. The molecular weight excluding hydrogens is 446 g/mol. The van der Waals surface area contributed by atoms with Gasteiger partial charge in [-0.1, -0.05) is 36.8 Å². The molecule has 0 aliphatic carbocycles. The van der Waals surface area contributed by atoms with Crippen LogP contribution in [0.1, 0.15) is 72.5 Å². The van der Waals surface area contributed by atoms with Crippen LogP contribution in [-0.2, 0) is 0 Å². The first-order valence-electron chi connectivity index (χ1n) is 13.8. The van der Waals surface area contributed by atoms with Crippen molar-refractivity contribution in [2.45, 2.75) is 63.1 Å². The van der Waals surface area contributed by atoms with Crippen molar-refractivity contribution in [3.63, 3.8) is 0 Å². The molecule has 0 spiro atoms. The fraction of sp³-hybridized carbons (Fsp3) is 0.516. The summed E-state index contributed by atoms with van der Waals surface area (Å²) >= 11 is 0. The van der Waals surface area contributed by atoms with Crippen LogP contribution in [0.2, 0.25) is 0 Å². The number of methoxy groups -OCH3 is 1. The molecule has 3 atom stereocenters. The second kappa shape index (κ2) is 11.6. The average molecular weight is 488 g/mol. The van der Waals surface area contributed by atoms with Crippen molar-refractivity contribution in [1.29, 1.82) is 0 Å². The normalized spacial score (nSPS) is 24.1. The molecule has 0 radical (unpaired) electrons. The summed E-state index contributed by atoms with van der Waals surface area (Å²) in [5, 5.41) is 0. The van der Waals surface area contributed by atoms with Gasteiger partial charge in [-0.05, 0) is 73.9 Å². The van der Waals surface area contributed by atoms with Crippen LogP contribution in [0.3, 0.4) is 0 Å². The smallest absolute Gasteiger partial charge is 0.253 e. The number of carbonyl (C=O) groups is 1. The highest BCUT2D eigenvalue weighted by Crippen LogP contribution is 2.40. The second-order valence-corrected chi connectivity index (χ2v) is 10.7. The number of hydrogen-bond donors (Lipinski definition) is 0. The first kappa shape index (κ1) is 25.0. The zero-order chi connectivity index (χ0) is 24.9. The van der Waals surface area contributed by atoms with Crippen LogP contribution in [0.5, 0.6) is 5.75 Å². The van der Waals surface area contributed by atoms with E-state index in [1.165, 1.54) is 43.2 Å². The third-order valence-corrected chi connectivity index (χ3v) is 8.38. The summed E-state index contributed by atoms with van der Waals surface area (Å²) in [5.74, 6) is 1.06. The number of ether oxygens (including phenoxy) is 1. The lowest BCUT2D eigenvalue weighted by Crippen LogP contribution is -2.50. The minimum Gasteiger partial charge on any atom is -0.497 e. The summed E-state index contributed by atoms with van der Waals surface area (Å²) < 4.78 is 5.63. The quantitative estimate of drug-likeness (QED) is 0.482. The summed E-state index contributed by atoms with van der Waals surface area (Å²) in [6.45, 7) is 8.91. The van der Waals surface area contributed by atoms with E-state index < -0.39 is 0 Å². The summed E-state index contributed by atoms with van der Waals surface area (Å²) in [4.78, 5) is 20.5. The molecule has 1 amide bonds. The summed E-state index contributed by atoms with van der Waals surface area (Å²) in [6.07, 6.45) is 10.4. The van der Waals surface area contributed by atoms with Gasteiger partial charge >= 0.3 is 0 Å². The van der Waals surface area contributed by atoms with Crippen molar-refractivity contribution in [2.24, 2.45) is 0 Å². The number of carbonyl (C=O) groups excluding carboxylic acids is 1. The molecule has 3 heterocycles. The van der Waals surface area contributed by atoms with Crippen molar-refractivity contribution < 1.29 is 9.53 Å². The summed E-state index contributed by atoms with van der Waals surface area (Å²) in [5.41, 5.74) is 3.32. The highest BCUT2D eigenvalue weighted by molar-refractivity contribution is 5.94. The maximum absolute atomic E-state index is 13.1. The van der Waals surface area contributed by atoms with Gasteiger partial charge < -0.3 is 9.64 Å². The number of benzene rings is 2. The maximum atomic E-state index is 13.1. The van der Waals surface area contributed by atoms with Gasteiger partial charge in [-0.2, -0.15) is 0 Å². The fourth-order valence-electron chi connectivity index (χ4n) is 6.59. The Kier molecular flexibility index (Phi) is 8.08.